The predicted octanol–water partition coefficient (Wildman–Crippen LogP) is 11.3. The number of benzene rings is 8. The van der Waals surface area contributed by atoms with Gasteiger partial charge in [0.25, 0.3) is 0 Å². The van der Waals surface area contributed by atoms with Crippen LogP contribution in [0, 0.1) is 0 Å². The van der Waals surface area contributed by atoms with Gasteiger partial charge in [-0.3, -0.25) is 0 Å². The van der Waals surface area contributed by atoms with Gasteiger partial charge in [0.2, 0.25) is 0 Å². The van der Waals surface area contributed by atoms with Gasteiger partial charge in [0, 0.05) is 0 Å². The van der Waals surface area contributed by atoms with Crippen LogP contribution >= 0.6 is 0 Å². The molecular weight excluding hydrogens is 480 g/mol. The van der Waals surface area contributed by atoms with Crippen LogP contribution in [0.2, 0.25) is 0 Å². The number of hydrogen-bond donors (Lipinski definition) is 0. The second-order valence-electron chi connectivity index (χ2n) is 9.99. The van der Waals surface area contributed by atoms with Gasteiger partial charge < -0.3 is 0 Å². The Bertz CT molecular complexity index is 2590. The molecule has 8 aromatic rings. The van der Waals surface area contributed by atoms with Crippen molar-refractivity contribution < 1.29 is 9.60 Å². The third-order valence-corrected chi connectivity index (χ3v) is 7.64. The Kier molecular flexibility index (Phi) is 3.85. The van der Waals surface area contributed by atoms with Gasteiger partial charge in [-0.2, -0.15) is 0 Å². The first-order chi connectivity index (χ1) is 22.8. The van der Waals surface area contributed by atoms with Gasteiger partial charge in [-0.1, -0.05) is 139 Å². The second-order valence-corrected chi connectivity index (χ2v) is 9.99. The lowest BCUT2D eigenvalue weighted by molar-refractivity contribution is 1.65. The largest absolute Gasteiger partial charge is 0.0636 e. The second kappa shape index (κ2) is 9.22. The first kappa shape index (κ1) is 16.7. The van der Waals surface area contributed by atoms with E-state index in [1.54, 1.807) is 0 Å². The molecule has 40 heavy (non-hydrogen) atoms. The van der Waals surface area contributed by atoms with E-state index in [4.69, 9.17) is 2.74 Å². The molecule has 0 aromatic heterocycles. The summed E-state index contributed by atoms with van der Waals surface area (Å²) in [5.41, 5.74) is 3.12. The summed E-state index contributed by atoms with van der Waals surface area (Å²) < 4.78 is 64.5. The van der Waals surface area contributed by atoms with E-state index >= 15 is 0 Å². The fourth-order valence-electron chi connectivity index (χ4n) is 5.73. The Labute approximate surface area is 243 Å². The molecule has 0 unspecified atom stereocenters. The smallest absolute Gasteiger partial charge is 0.0622 e. The van der Waals surface area contributed by atoms with Crippen molar-refractivity contribution in [2.45, 2.75) is 0 Å². The normalized spacial score (nSPS) is 13.9. The molecule has 0 bridgehead atoms. The SMILES string of the molecule is [2H]c1c([2H])c([2H])c2c(-c3ccccc3)c3c([2H])c(-c4ccc5ccccc5c4)c([2H])c([2H])c3c(-c3ccc4ccccc4c3)c2c1[2H]. The van der Waals surface area contributed by atoms with Gasteiger partial charge in [-0.25, -0.2) is 0 Å². The highest BCUT2D eigenvalue weighted by Crippen LogP contribution is 2.45. The van der Waals surface area contributed by atoms with Crippen molar-refractivity contribution in [3.05, 3.63) is 158 Å². The van der Waals surface area contributed by atoms with Crippen LogP contribution in [-0.2, 0) is 0 Å². The van der Waals surface area contributed by atoms with Crippen molar-refractivity contribution in [1.29, 1.82) is 0 Å². The molecule has 0 radical (unpaired) electrons. The van der Waals surface area contributed by atoms with E-state index < -0.39 is 0 Å². The van der Waals surface area contributed by atoms with Gasteiger partial charge in [0.05, 0.1) is 9.60 Å². The van der Waals surface area contributed by atoms with E-state index in [0.29, 0.717) is 44.2 Å². The van der Waals surface area contributed by atoms with E-state index in [1.807, 2.05) is 115 Å². The number of hydrogen-bond acceptors (Lipinski definition) is 0. The molecule has 186 valence electrons. The number of rotatable bonds is 3. The molecule has 0 saturated carbocycles. The minimum Gasteiger partial charge on any atom is -0.0622 e. The molecule has 8 rings (SSSR count). The highest BCUT2D eigenvalue weighted by molar-refractivity contribution is 6.22. The fraction of sp³-hybridized carbons (Fsp3) is 0. The van der Waals surface area contributed by atoms with Crippen LogP contribution < -0.4 is 0 Å². The summed E-state index contributed by atoms with van der Waals surface area (Å²) in [6.45, 7) is 0. The average molecular weight is 514 g/mol. The van der Waals surface area contributed by atoms with Gasteiger partial charge in [-0.15, -0.1) is 0 Å². The highest BCUT2D eigenvalue weighted by atomic mass is 14.2. The lowest BCUT2D eigenvalue weighted by Gasteiger charge is -2.19. The quantitative estimate of drug-likeness (QED) is 0.206. The van der Waals surface area contributed by atoms with Gasteiger partial charge in [0.15, 0.2) is 0 Å². The summed E-state index contributed by atoms with van der Waals surface area (Å²) in [7, 11) is 0. The summed E-state index contributed by atoms with van der Waals surface area (Å²) in [5, 5.41) is 5.14. The lowest BCUT2D eigenvalue weighted by atomic mass is 9.84. The zero-order valence-electron chi connectivity index (χ0n) is 28.5. The molecular formula is C40H26. The van der Waals surface area contributed by atoms with Gasteiger partial charge >= 0.3 is 0 Å². The van der Waals surface area contributed by atoms with E-state index in [1.165, 1.54) is 0 Å². The van der Waals surface area contributed by atoms with Gasteiger partial charge in [0.1, 0.15) is 0 Å². The molecule has 0 heteroatoms. The van der Waals surface area contributed by atoms with Crippen LogP contribution in [0.3, 0.4) is 0 Å². The molecule has 0 saturated heterocycles. The van der Waals surface area contributed by atoms with Crippen LogP contribution in [0.25, 0.3) is 76.5 Å². The van der Waals surface area contributed by atoms with Crippen molar-refractivity contribution >= 4 is 43.1 Å². The molecule has 0 amide bonds. The number of fused-ring (bicyclic) bond motifs is 4. The Morgan fingerprint density at radius 1 is 0.350 bits per heavy atom. The third kappa shape index (κ3) is 3.69. The van der Waals surface area contributed by atoms with Crippen molar-refractivity contribution in [3.63, 3.8) is 0 Å². The topological polar surface area (TPSA) is 0 Å². The van der Waals surface area contributed by atoms with Gasteiger partial charge in [-0.05, 0) is 94.6 Å². The zero-order chi connectivity index (χ0) is 32.6. The van der Waals surface area contributed by atoms with E-state index in [0.717, 1.165) is 21.5 Å². The maximum absolute atomic E-state index is 9.80. The predicted molar refractivity (Wildman–Crippen MR) is 173 cm³/mol. The Balaban J connectivity index is 1.65. The zero-order valence-corrected chi connectivity index (χ0v) is 21.5. The maximum Gasteiger partial charge on any atom is 0.0636 e. The van der Waals surface area contributed by atoms with Crippen molar-refractivity contribution in [1.82, 2.24) is 0 Å². The third-order valence-electron chi connectivity index (χ3n) is 7.64. The summed E-state index contributed by atoms with van der Waals surface area (Å²) in [5.74, 6) is 0. The lowest BCUT2D eigenvalue weighted by Crippen LogP contribution is -1.92. The van der Waals surface area contributed by atoms with Crippen molar-refractivity contribution in [2.75, 3.05) is 0 Å². The molecule has 0 aliphatic heterocycles. The van der Waals surface area contributed by atoms with Crippen LogP contribution in [-0.4, -0.2) is 0 Å². The van der Waals surface area contributed by atoms with E-state index in [9.17, 15) is 6.85 Å². The molecule has 0 fully saturated rings. The minimum atomic E-state index is -0.376. The summed E-state index contributed by atoms with van der Waals surface area (Å²) >= 11 is 0. The standard InChI is InChI=1S/C40H26/c1-2-12-29(13-3-1)39-35-16-8-9-17-36(35)40(34-21-19-28-11-5-7-15-31(28)25-34)37-23-22-33(26-38(37)39)32-20-18-27-10-4-6-14-30(27)24-32/h1-26H/i8D,9D,16D,17D,22D,23D,26D. The minimum absolute atomic E-state index is 0.0338. The van der Waals surface area contributed by atoms with E-state index in [2.05, 4.69) is 0 Å². The van der Waals surface area contributed by atoms with Crippen LogP contribution in [0.1, 0.15) is 9.60 Å². The first-order valence-electron chi connectivity index (χ1n) is 16.8. The molecule has 0 spiro atoms. The first-order valence-corrected chi connectivity index (χ1v) is 13.3. The monoisotopic (exact) mass is 513 g/mol. The Morgan fingerprint density at radius 2 is 0.875 bits per heavy atom. The molecule has 0 heterocycles. The summed E-state index contributed by atoms with van der Waals surface area (Å²) in [6, 6.07) is 35.2. The Hall–Kier alpha value is -5.20. The van der Waals surface area contributed by atoms with E-state index in [-0.39, 0.29) is 53.1 Å². The van der Waals surface area contributed by atoms with Crippen LogP contribution in [0.15, 0.2) is 158 Å². The molecule has 8 aromatic carbocycles. The summed E-state index contributed by atoms with van der Waals surface area (Å²) in [4.78, 5) is 0. The van der Waals surface area contributed by atoms with Crippen molar-refractivity contribution in [3.8, 4) is 33.4 Å². The Morgan fingerprint density at radius 3 is 1.55 bits per heavy atom. The molecule has 0 aliphatic rings. The maximum atomic E-state index is 9.80. The highest BCUT2D eigenvalue weighted by Gasteiger charge is 2.17. The van der Waals surface area contributed by atoms with Crippen LogP contribution in [0.5, 0.6) is 0 Å². The molecule has 0 aliphatic carbocycles. The summed E-state index contributed by atoms with van der Waals surface area (Å²) in [6.07, 6.45) is 0. The fourth-order valence-corrected chi connectivity index (χ4v) is 5.73. The van der Waals surface area contributed by atoms with Crippen LogP contribution in [0.4, 0.5) is 0 Å². The van der Waals surface area contributed by atoms with Crippen molar-refractivity contribution in [2.24, 2.45) is 0 Å². The average Bonchev–Trinajstić information content (AvgIpc) is 3.11. The molecule has 0 nitrogen and oxygen atoms in total. The molecule has 0 N–H and O–H groups in total. The molecule has 0 atom stereocenters.